The van der Waals surface area contributed by atoms with Crippen molar-refractivity contribution in [3.8, 4) is 11.1 Å². The molecule has 6 nitrogen and oxygen atoms in total. The Kier molecular flexibility index (Phi) is 6.90. The molecule has 1 amide bonds. The van der Waals surface area contributed by atoms with Crippen molar-refractivity contribution in [3.05, 3.63) is 81.9 Å². The molecule has 0 radical (unpaired) electrons. The lowest BCUT2D eigenvalue weighted by Crippen LogP contribution is -2.49. The molecule has 0 aromatic heterocycles. The van der Waals surface area contributed by atoms with Crippen LogP contribution in [0, 0.1) is 20.8 Å². The third-order valence-electron chi connectivity index (χ3n) is 7.75. The maximum Gasteiger partial charge on any atom is 0.409 e. The molecule has 1 saturated heterocycles. The van der Waals surface area contributed by atoms with Crippen molar-refractivity contribution >= 4 is 30.4 Å². The van der Waals surface area contributed by atoms with Gasteiger partial charge in [-0.3, -0.25) is 0 Å². The molecule has 7 heteroatoms. The number of rotatable bonds is 4. The Labute approximate surface area is 223 Å². The fourth-order valence-corrected chi connectivity index (χ4v) is 6.09. The molecule has 3 aromatic carbocycles. The molecule has 0 spiro atoms. The van der Waals surface area contributed by atoms with Gasteiger partial charge in [0.2, 0.25) is 0 Å². The van der Waals surface area contributed by atoms with Crippen LogP contribution < -0.4 is 4.90 Å². The summed E-state index contributed by atoms with van der Waals surface area (Å²) in [4.78, 5) is 30.3. The third kappa shape index (κ3) is 4.35. The van der Waals surface area contributed by atoms with Crippen LogP contribution in [0.5, 0.6) is 0 Å². The summed E-state index contributed by atoms with van der Waals surface area (Å²) < 4.78 is 10.9. The van der Waals surface area contributed by atoms with E-state index in [0.717, 1.165) is 27.3 Å². The Morgan fingerprint density at radius 3 is 2.00 bits per heavy atom. The van der Waals surface area contributed by atoms with Crippen LogP contribution in [0.1, 0.15) is 44.1 Å². The van der Waals surface area contributed by atoms with Gasteiger partial charge in [0.1, 0.15) is 6.61 Å². The van der Waals surface area contributed by atoms with Crippen molar-refractivity contribution in [2.45, 2.75) is 31.6 Å². The Morgan fingerprint density at radius 2 is 1.43 bits per heavy atom. The summed E-state index contributed by atoms with van der Waals surface area (Å²) in [5, 5.41) is 0. The Balaban J connectivity index is 1.27. The molecule has 2 aliphatic rings. The van der Waals surface area contributed by atoms with Crippen molar-refractivity contribution in [2.24, 2.45) is 0 Å². The SMILES string of the molecule is COC(=O)c1c(C)c(S)c(C)c(N2CCN(C(=O)OCC3c4ccccc4-c4ccccc43)CC2)c1C. The maximum absolute atomic E-state index is 13.0. The number of benzene rings is 3. The number of carbonyl (C=O) groups excluding carboxylic acids is 2. The first-order chi connectivity index (χ1) is 17.8. The minimum atomic E-state index is -0.358. The highest BCUT2D eigenvalue weighted by atomic mass is 32.1. The molecule has 3 aromatic rings. The number of esters is 1. The Bertz CT molecular complexity index is 1330. The van der Waals surface area contributed by atoms with E-state index in [4.69, 9.17) is 22.1 Å². The summed E-state index contributed by atoms with van der Waals surface area (Å²) in [6, 6.07) is 16.7. The van der Waals surface area contributed by atoms with Gasteiger partial charge in [0, 0.05) is 42.7 Å². The van der Waals surface area contributed by atoms with Gasteiger partial charge >= 0.3 is 12.1 Å². The van der Waals surface area contributed by atoms with Gasteiger partial charge in [-0.1, -0.05) is 48.5 Å². The number of thiol groups is 1. The van der Waals surface area contributed by atoms with Crippen LogP contribution in [0.3, 0.4) is 0 Å². The van der Waals surface area contributed by atoms with Crippen LogP contribution in [-0.2, 0) is 9.47 Å². The van der Waals surface area contributed by atoms with E-state index in [1.165, 1.54) is 29.4 Å². The molecular weight excluding hydrogens is 484 g/mol. The maximum atomic E-state index is 13.0. The summed E-state index contributed by atoms with van der Waals surface area (Å²) in [6.07, 6.45) is -0.288. The van der Waals surface area contributed by atoms with Crippen LogP contribution >= 0.6 is 12.6 Å². The van der Waals surface area contributed by atoms with Gasteiger partial charge in [0.15, 0.2) is 0 Å². The topological polar surface area (TPSA) is 59.1 Å². The molecule has 0 atom stereocenters. The standard InChI is InChI=1S/C30H32N2O4S/c1-18-26(29(33)35-4)19(2)28(37)20(3)27(18)31-13-15-32(16-14-31)30(34)36-17-25-23-11-7-5-9-21(23)22-10-6-8-12-24(22)25/h5-12,25,37H,13-17H2,1-4H3. The second kappa shape index (κ2) is 10.1. The summed E-state index contributed by atoms with van der Waals surface area (Å²) in [5.74, 6) is -0.315. The normalized spacial score (nSPS) is 14.8. The number of hydrogen-bond acceptors (Lipinski definition) is 6. The van der Waals surface area contributed by atoms with Crippen LogP contribution in [0.25, 0.3) is 11.1 Å². The quantitative estimate of drug-likeness (QED) is 0.353. The zero-order valence-electron chi connectivity index (χ0n) is 21.7. The molecule has 5 rings (SSSR count). The number of fused-ring (bicyclic) bond motifs is 3. The van der Waals surface area contributed by atoms with Gasteiger partial charge in [-0.2, -0.15) is 0 Å². The highest BCUT2D eigenvalue weighted by Crippen LogP contribution is 2.44. The summed E-state index contributed by atoms with van der Waals surface area (Å²) in [6.45, 7) is 8.55. The fourth-order valence-electron chi connectivity index (χ4n) is 5.87. The molecule has 1 fully saturated rings. The second-order valence-corrected chi connectivity index (χ2v) is 10.2. The first-order valence-electron chi connectivity index (χ1n) is 12.6. The van der Waals surface area contributed by atoms with E-state index in [1.807, 2.05) is 45.0 Å². The van der Waals surface area contributed by atoms with E-state index in [2.05, 4.69) is 29.2 Å². The molecule has 0 bridgehead atoms. The predicted molar refractivity (Wildman–Crippen MR) is 148 cm³/mol. The van der Waals surface area contributed by atoms with Crippen molar-refractivity contribution in [1.82, 2.24) is 4.90 Å². The van der Waals surface area contributed by atoms with E-state index in [-0.39, 0.29) is 18.0 Å². The van der Waals surface area contributed by atoms with Gasteiger partial charge < -0.3 is 19.3 Å². The lowest BCUT2D eigenvalue weighted by molar-refractivity contribution is 0.0598. The largest absolute Gasteiger partial charge is 0.465 e. The highest BCUT2D eigenvalue weighted by Gasteiger charge is 2.31. The zero-order chi connectivity index (χ0) is 26.3. The van der Waals surface area contributed by atoms with E-state index in [1.54, 1.807) is 4.90 Å². The van der Waals surface area contributed by atoms with Crippen LogP contribution in [-0.4, -0.2) is 56.9 Å². The predicted octanol–water partition coefficient (Wildman–Crippen LogP) is 5.76. The lowest BCUT2D eigenvalue weighted by Gasteiger charge is -2.38. The van der Waals surface area contributed by atoms with Gasteiger partial charge in [0.25, 0.3) is 0 Å². The number of amides is 1. The van der Waals surface area contributed by atoms with E-state index in [9.17, 15) is 9.59 Å². The molecule has 1 aliphatic carbocycles. The summed E-state index contributed by atoms with van der Waals surface area (Å²) in [7, 11) is 1.39. The first kappa shape index (κ1) is 25.2. The molecule has 0 saturated carbocycles. The van der Waals surface area contributed by atoms with Crippen molar-refractivity contribution < 1.29 is 19.1 Å². The number of carbonyl (C=O) groups is 2. The minimum Gasteiger partial charge on any atom is -0.465 e. The monoisotopic (exact) mass is 516 g/mol. The average molecular weight is 517 g/mol. The number of ether oxygens (including phenoxy) is 2. The first-order valence-corrected chi connectivity index (χ1v) is 13.0. The van der Waals surface area contributed by atoms with Crippen molar-refractivity contribution in [1.29, 1.82) is 0 Å². The van der Waals surface area contributed by atoms with E-state index in [0.29, 0.717) is 38.3 Å². The van der Waals surface area contributed by atoms with E-state index < -0.39 is 0 Å². The van der Waals surface area contributed by atoms with Gasteiger partial charge in [-0.05, 0) is 59.7 Å². The molecule has 1 aliphatic heterocycles. The lowest BCUT2D eigenvalue weighted by atomic mass is 9.95. The van der Waals surface area contributed by atoms with Crippen LogP contribution in [0.4, 0.5) is 10.5 Å². The highest BCUT2D eigenvalue weighted by molar-refractivity contribution is 7.80. The van der Waals surface area contributed by atoms with Gasteiger partial charge in [-0.25, -0.2) is 9.59 Å². The van der Waals surface area contributed by atoms with Crippen LogP contribution in [0.15, 0.2) is 53.4 Å². The smallest absolute Gasteiger partial charge is 0.409 e. The number of anilines is 1. The molecule has 0 unspecified atom stereocenters. The molecule has 192 valence electrons. The van der Waals surface area contributed by atoms with Crippen molar-refractivity contribution in [3.63, 3.8) is 0 Å². The average Bonchev–Trinajstić information content (AvgIpc) is 3.24. The zero-order valence-corrected chi connectivity index (χ0v) is 22.6. The van der Waals surface area contributed by atoms with Crippen molar-refractivity contribution in [2.75, 3.05) is 44.8 Å². The Hall–Kier alpha value is -3.45. The Morgan fingerprint density at radius 1 is 0.865 bits per heavy atom. The van der Waals surface area contributed by atoms with Gasteiger partial charge in [-0.15, -0.1) is 12.6 Å². The number of nitrogens with zero attached hydrogens (tertiary/aromatic N) is 2. The fraction of sp³-hybridized carbons (Fsp3) is 0.333. The molecule has 1 heterocycles. The second-order valence-electron chi connectivity index (χ2n) is 9.72. The van der Waals surface area contributed by atoms with Crippen LogP contribution in [0.2, 0.25) is 0 Å². The number of piperazine rings is 1. The summed E-state index contributed by atoms with van der Waals surface area (Å²) >= 11 is 4.69. The third-order valence-corrected chi connectivity index (χ3v) is 8.42. The van der Waals surface area contributed by atoms with Gasteiger partial charge in [0.05, 0.1) is 12.7 Å². The molecule has 37 heavy (non-hydrogen) atoms. The number of hydrogen-bond donors (Lipinski definition) is 1. The summed E-state index contributed by atoms with van der Waals surface area (Å²) in [5.41, 5.74) is 9.13. The molecule has 0 N–H and O–H groups in total. The number of methoxy groups -OCH3 is 1. The molecular formula is C30H32N2O4S. The van der Waals surface area contributed by atoms with E-state index >= 15 is 0 Å². The minimum absolute atomic E-state index is 0.0426.